The van der Waals surface area contributed by atoms with Crippen LogP contribution in [0.3, 0.4) is 0 Å². The fourth-order valence-corrected chi connectivity index (χ4v) is 2.38. The number of ether oxygens (including phenoxy) is 2. The van der Waals surface area contributed by atoms with Crippen molar-refractivity contribution in [3.05, 3.63) is 0 Å². The molecule has 0 saturated carbocycles. The lowest BCUT2D eigenvalue weighted by atomic mass is 9.82. The van der Waals surface area contributed by atoms with Crippen LogP contribution in [0.25, 0.3) is 0 Å². The van der Waals surface area contributed by atoms with Gasteiger partial charge < -0.3 is 9.47 Å². The predicted molar refractivity (Wildman–Crippen MR) is 46.7 cm³/mol. The minimum atomic E-state index is 0.131. The molecule has 2 heterocycles. The van der Waals surface area contributed by atoms with E-state index in [1.807, 2.05) is 0 Å². The van der Waals surface area contributed by atoms with Gasteiger partial charge in [-0.1, -0.05) is 13.8 Å². The van der Waals surface area contributed by atoms with Crippen molar-refractivity contribution in [1.29, 1.82) is 0 Å². The molecule has 2 rings (SSSR count). The van der Waals surface area contributed by atoms with Gasteiger partial charge >= 0.3 is 0 Å². The smallest absolute Gasteiger partial charge is 0.160 e. The van der Waals surface area contributed by atoms with Crippen molar-refractivity contribution < 1.29 is 9.47 Å². The first kappa shape index (κ1) is 8.52. The first-order chi connectivity index (χ1) is 5.79. The average Bonchev–Trinajstić information content (AvgIpc) is 2.47. The van der Waals surface area contributed by atoms with Crippen molar-refractivity contribution in [2.75, 3.05) is 13.2 Å². The van der Waals surface area contributed by atoms with Gasteiger partial charge in [0.25, 0.3) is 0 Å². The third kappa shape index (κ3) is 1.38. The van der Waals surface area contributed by atoms with Crippen molar-refractivity contribution in [2.24, 2.45) is 17.8 Å². The van der Waals surface area contributed by atoms with Gasteiger partial charge in [-0.2, -0.15) is 0 Å². The predicted octanol–water partition coefficient (Wildman–Crippen LogP) is 2.04. The molecule has 70 valence electrons. The molecule has 0 radical (unpaired) electrons. The van der Waals surface area contributed by atoms with Crippen LogP contribution in [0.1, 0.15) is 26.7 Å². The van der Waals surface area contributed by atoms with E-state index < -0.39 is 0 Å². The van der Waals surface area contributed by atoms with Gasteiger partial charge in [-0.15, -0.1) is 0 Å². The lowest BCUT2D eigenvalue weighted by molar-refractivity contribution is -0.151. The highest BCUT2D eigenvalue weighted by atomic mass is 16.7. The van der Waals surface area contributed by atoms with Gasteiger partial charge in [0.2, 0.25) is 0 Å². The van der Waals surface area contributed by atoms with Gasteiger partial charge in [0.15, 0.2) is 6.29 Å². The second kappa shape index (κ2) is 3.35. The second-order valence-corrected chi connectivity index (χ2v) is 4.29. The molecule has 0 aromatic heterocycles. The number of rotatable bonds is 1. The summed E-state index contributed by atoms with van der Waals surface area (Å²) < 4.78 is 11.2. The van der Waals surface area contributed by atoms with Crippen LogP contribution in [-0.2, 0) is 9.47 Å². The Bertz CT molecular complexity index is 156. The molecular weight excluding hydrogens is 152 g/mol. The highest BCUT2D eigenvalue weighted by Gasteiger charge is 2.40. The van der Waals surface area contributed by atoms with Crippen LogP contribution >= 0.6 is 0 Å². The van der Waals surface area contributed by atoms with E-state index >= 15 is 0 Å². The molecule has 2 aliphatic heterocycles. The van der Waals surface area contributed by atoms with Gasteiger partial charge in [-0.05, 0) is 24.7 Å². The minimum absolute atomic E-state index is 0.131. The molecule has 0 aromatic carbocycles. The Hall–Kier alpha value is -0.0800. The molecule has 0 aromatic rings. The van der Waals surface area contributed by atoms with E-state index in [1.54, 1.807) is 0 Å². The van der Waals surface area contributed by atoms with E-state index in [0.717, 1.165) is 25.0 Å². The maximum atomic E-state index is 5.61. The van der Waals surface area contributed by atoms with E-state index in [0.29, 0.717) is 5.92 Å². The minimum Gasteiger partial charge on any atom is -0.352 e. The summed E-state index contributed by atoms with van der Waals surface area (Å²) >= 11 is 0. The summed E-state index contributed by atoms with van der Waals surface area (Å²) in [5.41, 5.74) is 0. The fourth-order valence-electron chi connectivity index (χ4n) is 2.38. The summed E-state index contributed by atoms with van der Waals surface area (Å²) in [6, 6.07) is 0. The van der Waals surface area contributed by atoms with Gasteiger partial charge in [-0.3, -0.25) is 0 Å². The van der Waals surface area contributed by atoms with E-state index in [9.17, 15) is 0 Å². The molecule has 2 aliphatic rings. The van der Waals surface area contributed by atoms with E-state index in [-0.39, 0.29) is 6.29 Å². The SMILES string of the molecule is CC(C)[C@H]1CO[C@@H]2OCCC[C@H]21. The standard InChI is InChI=1S/C10H18O2/c1-7(2)9-6-12-10-8(9)4-3-5-11-10/h7-10H,3-6H2,1-2H3/t8-,9+,10-/m0/s1. The molecule has 2 nitrogen and oxygen atoms in total. The van der Waals surface area contributed by atoms with Crippen LogP contribution in [0.15, 0.2) is 0 Å². The van der Waals surface area contributed by atoms with Crippen LogP contribution in [0.2, 0.25) is 0 Å². The van der Waals surface area contributed by atoms with Crippen LogP contribution < -0.4 is 0 Å². The van der Waals surface area contributed by atoms with Gasteiger partial charge in [0.05, 0.1) is 6.61 Å². The maximum Gasteiger partial charge on any atom is 0.160 e. The number of fused-ring (bicyclic) bond motifs is 1. The Kier molecular flexibility index (Phi) is 2.37. The summed E-state index contributed by atoms with van der Waals surface area (Å²) in [5.74, 6) is 2.15. The van der Waals surface area contributed by atoms with Crippen LogP contribution in [0, 0.1) is 17.8 Å². The molecule has 0 N–H and O–H groups in total. The third-order valence-electron chi connectivity index (χ3n) is 3.17. The Morgan fingerprint density at radius 2 is 2.08 bits per heavy atom. The van der Waals surface area contributed by atoms with Crippen molar-refractivity contribution >= 4 is 0 Å². The molecular formula is C10H18O2. The Morgan fingerprint density at radius 1 is 1.25 bits per heavy atom. The summed E-state index contributed by atoms with van der Waals surface area (Å²) in [7, 11) is 0. The fraction of sp³-hybridized carbons (Fsp3) is 1.00. The van der Waals surface area contributed by atoms with E-state index in [1.165, 1.54) is 12.8 Å². The van der Waals surface area contributed by atoms with Crippen LogP contribution in [-0.4, -0.2) is 19.5 Å². The monoisotopic (exact) mass is 170 g/mol. The Morgan fingerprint density at radius 3 is 2.83 bits per heavy atom. The molecule has 0 spiro atoms. The van der Waals surface area contributed by atoms with E-state index in [2.05, 4.69) is 13.8 Å². The molecule has 12 heavy (non-hydrogen) atoms. The normalized spacial score (nSPS) is 41.8. The van der Waals surface area contributed by atoms with Crippen molar-refractivity contribution in [1.82, 2.24) is 0 Å². The highest BCUT2D eigenvalue weighted by Crippen LogP contribution is 2.38. The molecule has 0 bridgehead atoms. The number of hydrogen-bond acceptors (Lipinski definition) is 2. The quantitative estimate of drug-likeness (QED) is 0.599. The largest absolute Gasteiger partial charge is 0.352 e. The van der Waals surface area contributed by atoms with Gasteiger partial charge in [0.1, 0.15) is 0 Å². The first-order valence-electron chi connectivity index (χ1n) is 5.02. The molecule has 2 fully saturated rings. The van der Waals surface area contributed by atoms with Crippen molar-refractivity contribution in [3.8, 4) is 0 Å². The zero-order valence-electron chi connectivity index (χ0n) is 7.95. The molecule has 2 saturated heterocycles. The first-order valence-corrected chi connectivity index (χ1v) is 5.02. The molecule has 0 amide bonds. The summed E-state index contributed by atoms with van der Waals surface area (Å²) in [4.78, 5) is 0. The second-order valence-electron chi connectivity index (χ2n) is 4.29. The van der Waals surface area contributed by atoms with E-state index in [4.69, 9.17) is 9.47 Å². The summed E-state index contributed by atoms with van der Waals surface area (Å²) in [5, 5.41) is 0. The third-order valence-corrected chi connectivity index (χ3v) is 3.17. The molecule has 0 unspecified atom stereocenters. The van der Waals surface area contributed by atoms with Crippen molar-refractivity contribution in [2.45, 2.75) is 33.0 Å². The zero-order chi connectivity index (χ0) is 8.55. The number of hydrogen-bond donors (Lipinski definition) is 0. The topological polar surface area (TPSA) is 18.5 Å². The average molecular weight is 170 g/mol. The molecule has 2 heteroatoms. The Balaban J connectivity index is 2.01. The van der Waals surface area contributed by atoms with Crippen molar-refractivity contribution in [3.63, 3.8) is 0 Å². The lowest BCUT2D eigenvalue weighted by Gasteiger charge is -2.28. The van der Waals surface area contributed by atoms with Crippen LogP contribution in [0.4, 0.5) is 0 Å². The Labute approximate surface area is 74.2 Å². The highest BCUT2D eigenvalue weighted by molar-refractivity contribution is 4.83. The zero-order valence-corrected chi connectivity index (χ0v) is 7.95. The summed E-state index contributed by atoms with van der Waals surface area (Å²) in [6.45, 7) is 6.37. The molecule has 3 atom stereocenters. The van der Waals surface area contributed by atoms with Crippen LogP contribution in [0.5, 0.6) is 0 Å². The summed E-state index contributed by atoms with van der Waals surface area (Å²) in [6.07, 6.45) is 2.65. The lowest BCUT2D eigenvalue weighted by Crippen LogP contribution is -2.30. The van der Waals surface area contributed by atoms with Gasteiger partial charge in [-0.25, -0.2) is 0 Å². The molecule has 0 aliphatic carbocycles. The maximum absolute atomic E-state index is 5.61. The van der Waals surface area contributed by atoms with Gasteiger partial charge in [0, 0.05) is 12.5 Å².